The molecule has 8 heteroatoms. The summed E-state index contributed by atoms with van der Waals surface area (Å²) in [5.41, 5.74) is 6.82. The van der Waals surface area contributed by atoms with Crippen LogP contribution in [0.2, 0.25) is 5.02 Å². The maximum absolute atomic E-state index is 13.4. The van der Waals surface area contributed by atoms with Gasteiger partial charge in [0.25, 0.3) is 5.91 Å². The molecule has 2 heterocycles. The topological polar surface area (TPSA) is 98.9 Å². The number of piperidine rings is 1. The first-order chi connectivity index (χ1) is 18.9. The van der Waals surface area contributed by atoms with E-state index in [1.807, 2.05) is 56.4 Å². The van der Waals surface area contributed by atoms with Crippen LogP contribution in [0.4, 0.5) is 5.69 Å². The van der Waals surface area contributed by atoms with Crippen LogP contribution < -0.4 is 16.0 Å². The average Bonchev–Trinajstić information content (AvgIpc) is 3.49. The van der Waals surface area contributed by atoms with Crippen LogP contribution in [-0.4, -0.2) is 34.6 Å². The minimum atomic E-state index is -0.286. The molecule has 200 valence electrons. The van der Waals surface area contributed by atoms with Crippen LogP contribution in [0.5, 0.6) is 0 Å². The summed E-state index contributed by atoms with van der Waals surface area (Å²) in [6, 6.07) is 18.9. The molecule has 1 aromatic heterocycles. The maximum Gasteiger partial charge on any atom is 0.252 e. The molecular weight excluding hydrogens is 510 g/mol. The number of anilines is 1. The van der Waals surface area contributed by atoms with Gasteiger partial charge in [0.15, 0.2) is 0 Å². The molecule has 0 saturated carbocycles. The summed E-state index contributed by atoms with van der Waals surface area (Å²) in [4.78, 5) is 26.1. The molecule has 1 saturated heterocycles. The summed E-state index contributed by atoms with van der Waals surface area (Å²) in [5.74, 6) is -0.271. The Morgan fingerprint density at radius 1 is 1.00 bits per heavy atom. The van der Waals surface area contributed by atoms with E-state index in [2.05, 4.69) is 44.3 Å². The number of hydrogen-bond donors (Lipinski definition) is 4. The van der Waals surface area contributed by atoms with Gasteiger partial charge in [-0.1, -0.05) is 36.2 Å². The highest BCUT2D eigenvalue weighted by Gasteiger charge is 2.21. The largest absolute Gasteiger partial charge is 0.346 e. The Labute approximate surface area is 233 Å². The van der Waals surface area contributed by atoms with Crippen LogP contribution in [0.3, 0.4) is 0 Å². The lowest BCUT2D eigenvalue weighted by Gasteiger charge is -2.23. The molecule has 5 rings (SSSR count). The maximum atomic E-state index is 13.4. The fourth-order valence-corrected chi connectivity index (χ4v) is 5.11. The number of amides is 2. The summed E-state index contributed by atoms with van der Waals surface area (Å²) in [6.45, 7) is 4.70. The van der Waals surface area contributed by atoms with E-state index in [1.165, 1.54) is 0 Å². The van der Waals surface area contributed by atoms with Crippen molar-refractivity contribution in [3.63, 3.8) is 0 Å². The van der Waals surface area contributed by atoms with Gasteiger partial charge in [0.2, 0.25) is 5.91 Å². The zero-order chi connectivity index (χ0) is 27.4. The van der Waals surface area contributed by atoms with Gasteiger partial charge in [-0.3, -0.25) is 14.7 Å². The van der Waals surface area contributed by atoms with Crippen molar-refractivity contribution < 1.29 is 9.59 Å². The molecule has 4 N–H and O–H groups in total. The van der Waals surface area contributed by atoms with Gasteiger partial charge >= 0.3 is 0 Å². The quantitative estimate of drug-likeness (QED) is 0.221. The number of nitrogens with one attached hydrogen (secondary N) is 4. The predicted octanol–water partition coefficient (Wildman–Crippen LogP) is 6.28. The third-order valence-corrected chi connectivity index (χ3v) is 7.40. The standard InChI is InChI=1S/C31H32ClN5O2/c1-19-9-10-27(37-31(39)29-8-3-4-11-33-29)16-28(19)30(38)36-20(2)22-12-23(21-6-5-7-26(32)15-21)14-24(13-22)25-17-34-35-18-25/h5-7,9-10,12-18,20,29,33H,3-4,8,11H2,1-2H3,(H,34,35)(H,36,38)(H,37,39)/t20?,29-/m1/s1. The van der Waals surface area contributed by atoms with Gasteiger partial charge in [-0.2, -0.15) is 5.10 Å². The highest BCUT2D eigenvalue weighted by atomic mass is 35.5. The molecule has 1 aliphatic heterocycles. The molecular formula is C31H32ClN5O2. The number of benzene rings is 3. The summed E-state index contributed by atoms with van der Waals surface area (Å²) in [7, 11) is 0. The van der Waals surface area contributed by atoms with Gasteiger partial charge in [0.1, 0.15) is 0 Å². The number of halogens is 1. The lowest BCUT2D eigenvalue weighted by atomic mass is 9.94. The Bertz CT molecular complexity index is 1480. The first-order valence-electron chi connectivity index (χ1n) is 13.2. The van der Waals surface area contributed by atoms with E-state index < -0.39 is 0 Å². The highest BCUT2D eigenvalue weighted by molar-refractivity contribution is 6.30. The Morgan fingerprint density at radius 2 is 1.82 bits per heavy atom. The number of aromatic amines is 1. The van der Waals surface area contributed by atoms with Crippen molar-refractivity contribution in [1.82, 2.24) is 20.8 Å². The minimum absolute atomic E-state index is 0.0668. The van der Waals surface area contributed by atoms with E-state index >= 15 is 0 Å². The lowest BCUT2D eigenvalue weighted by Crippen LogP contribution is -2.43. The number of aromatic nitrogens is 2. The number of nitrogens with zero attached hydrogens (tertiary/aromatic N) is 1. The molecule has 3 aromatic carbocycles. The van der Waals surface area contributed by atoms with E-state index in [-0.39, 0.29) is 23.9 Å². The highest BCUT2D eigenvalue weighted by Crippen LogP contribution is 2.31. The fourth-order valence-electron chi connectivity index (χ4n) is 4.92. The van der Waals surface area contributed by atoms with E-state index in [1.54, 1.807) is 12.3 Å². The summed E-state index contributed by atoms with van der Waals surface area (Å²) >= 11 is 6.27. The number of hydrogen-bond acceptors (Lipinski definition) is 4. The number of carbonyl (C=O) groups is 2. The number of H-pyrrole nitrogens is 1. The summed E-state index contributed by atoms with van der Waals surface area (Å²) in [5, 5.41) is 17.0. The Morgan fingerprint density at radius 3 is 2.54 bits per heavy atom. The molecule has 4 aromatic rings. The van der Waals surface area contributed by atoms with E-state index in [4.69, 9.17) is 11.6 Å². The van der Waals surface area contributed by atoms with Gasteiger partial charge < -0.3 is 16.0 Å². The van der Waals surface area contributed by atoms with Crippen molar-refractivity contribution in [3.05, 3.63) is 94.8 Å². The molecule has 1 aliphatic rings. The molecule has 1 fully saturated rings. The molecule has 39 heavy (non-hydrogen) atoms. The van der Waals surface area contributed by atoms with Gasteiger partial charge in [-0.25, -0.2) is 0 Å². The summed E-state index contributed by atoms with van der Waals surface area (Å²) in [6.07, 6.45) is 6.55. The third-order valence-electron chi connectivity index (χ3n) is 7.17. The Balaban J connectivity index is 1.38. The van der Waals surface area contributed by atoms with Crippen molar-refractivity contribution in [2.24, 2.45) is 0 Å². The Kier molecular flexibility index (Phi) is 8.10. The number of aryl methyl sites for hydroxylation is 1. The van der Waals surface area contributed by atoms with Crippen molar-refractivity contribution in [2.45, 2.75) is 45.2 Å². The third kappa shape index (κ3) is 6.38. The van der Waals surface area contributed by atoms with Crippen molar-refractivity contribution >= 4 is 29.1 Å². The lowest BCUT2D eigenvalue weighted by molar-refractivity contribution is -0.118. The number of rotatable bonds is 7. The second kappa shape index (κ2) is 11.8. The molecule has 2 amide bonds. The Hall–Kier alpha value is -3.94. The van der Waals surface area contributed by atoms with Crippen molar-refractivity contribution in [3.8, 4) is 22.3 Å². The SMILES string of the molecule is Cc1ccc(NC(=O)[C@H]2CCCCN2)cc1C(=O)NC(C)c1cc(-c2cn[nH]c2)cc(-c2cccc(Cl)c2)c1. The van der Waals surface area contributed by atoms with Crippen molar-refractivity contribution in [2.75, 3.05) is 11.9 Å². The molecule has 7 nitrogen and oxygen atoms in total. The molecule has 0 radical (unpaired) electrons. The van der Waals surface area contributed by atoms with Crippen LogP contribution in [0, 0.1) is 6.92 Å². The first kappa shape index (κ1) is 26.7. The second-order valence-electron chi connectivity index (χ2n) is 10.1. The van der Waals surface area contributed by atoms with Gasteiger partial charge in [-0.05, 0) is 104 Å². The van der Waals surface area contributed by atoms with E-state index in [0.717, 1.165) is 59.2 Å². The van der Waals surface area contributed by atoms with Crippen LogP contribution in [0.1, 0.15) is 53.7 Å². The predicted molar refractivity (Wildman–Crippen MR) is 156 cm³/mol. The zero-order valence-corrected chi connectivity index (χ0v) is 22.8. The van der Waals surface area contributed by atoms with E-state index in [0.29, 0.717) is 16.3 Å². The van der Waals surface area contributed by atoms with Gasteiger partial charge in [0.05, 0.1) is 18.3 Å². The van der Waals surface area contributed by atoms with Gasteiger partial charge in [-0.15, -0.1) is 0 Å². The van der Waals surface area contributed by atoms with Crippen LogP contribution in [-0.2, 0) is 4.79 Å². The molecule has 0 aliphatic carbocycles. The zero-order valence-electron chi connectivity index (χ0n) is 22.1. The average molecular weight is 542 g/mol. The van der Waals surface area contributed by atoms with Crippen LogP contribution in [0.15, 0.2) is 73.1 Å². The fraction of sp³-hybridized carbons (Fsp3) is 0.258. The van der Waals surface area contributed by atoms with Crippen LogP contribution >= 0.6 is 11.6 Å². The first-order valence-corrected chi connectivity index (χ1v) is 13.6. The number of carbonyl (C=O) groups excluding carboxylic acids is 2. The smallest absolute Gasteiger partial charge is 0.252 e. The monoisotopic (exact) mass is 541 g/mol. The van der Waals surface area contributed by atoms with Crippen molar-refractivity contribution in [1.29, 1.82) is 0 Å². The van der Waals surface area contributed by atoms with Gasteiger partial charge in [0, 0.05) is 28.0 Å². The normalized spacial score (nSPS) is 15.9. The molecule has 2 atom stereocenters. The van der Waals surface area contributed by atoms with E-state index in [9.17, 15) is 9.59 Å². The minimum Gasteiger partial charge on any atom is -0.346 e. The summed E-state index contributed by atoms with van der Waals surface area (Å²) < 4.78 is 0. The molecule has 1 unspecified atom stereocenters. The van der Waals surface area contributed by atoms with Crippen LogP contribution in [0.25, 0.3) is 22.3 Å². The second-order valence-corrected chi connectivity index (χ2v) is 10.5. The molecule has 0 bridgehead atoms. The molecule has 0 spiro atoms.